The molecule has 7 heteroatoms. The summed E-state index contributed by atoms with van der Waals surface area (Å²) in [6.07, 6.45) is 1.44. The molecule has 1 aromatic carbocycles. The van der Waals surface area contributed by atoms with Crippen molar-refractivity contribution in [1.82, 2.24) is 9.55 Å². The van der Waals surface area contributed by atoms with Crippen LogP contribution in [0.2, 0.25) is 0 Å². The fourth-order valence-electron chi connectivity index (χ4n) is 2.20. The highest BCUT2D eigenvalue weighted by atomic mass is 79.9. The molecule has 1 heterocycles. The van der Waals surface area contributed by atoms with Gasteiger partial charge in [0.1, 0.15) is 0 Å². The van der Waals surface area contributed by atoms with Crippen molar-refractivity contribution in [2.24, 2.45) is 0 Å². The van der Waals surface area contributed by atoms with Gasteiger partial charge < -0.3 is 9.88 Å². The number of aromatic nitrogens is 2. The predicted octanol–water partition coefficient (Wildman–Crippen LogP) is 4.61. The molecule has 3 rings (SSSR count). The van der Waals surface area contributed by atoms with Gasteiger partial charge in [0, 0.05) is 22.4 Å². The fraction of sp³-hybridized carbons (Fsp3) is 0.357. The van der Waals surface area contributed by atoms with Gasteiger partial charge in [-0.2, -0.15) is 13.2 Å². The highest BCUT2D eigenvalue weighted by molar-refractivity contribution is 9.10. The van der Waals surface area contributed by atoms with Crippen molar-refractivity contribution < 1.29 is 13.2 Å². The van der Waals surface area contributed by atoms with Gasteiger partial charge in [0.15, 0.2) is 0 Å². The maximum Gasteiger partial charge on any atom is 0.416 e. The van der Waals surface area contributed by atoms with Crippen LogP contribution < -0.4 is 5.32 Å². The van der Waals surface area contributed by atoms with E-state index in [1.165, 1.54) is 0 Å². The SMILES string of the molecule is FC(F)(F)c1cc(Br)cc(NCc2cncn2C2CC2)c1. The molecular formula is C14H13BrF3N3. The van der Waals surface area contributed by atoms with Crippen LogP contribution in [0.4, 0.5) is 18.9 Å². The molecule has 0 aliphatic heterocycles. The molecule has 21 heavy (non-hydrogen) atoms. The molecule has 3 nitrogen and oxygen atoms in total. The van der Waals surface area contributed by atoms with E-state index >= 15 is 0 Å². The molecule has 1 aliphatic carbocycles. The van der Waals surface area contributed by atoms with Crippen molar-refractivity contribution in [2.75, 3.05) is 5.32 Å². The van der Waals surface area contributed by atoms with Crippen LogP contribution in [0.1, 0.15) is 30.1 Å². The van der Waals surface area contributed by atoms with E-state index in [4.69, 9.17) is 0 Å². The van der Waals surface area contributed by atoms with Gasteiger partial charge in [0.25, 0.3) is 0 Å². The van der Waals surface area contributed by atoms with Gasteiger partial charge in [0.05, 0.1) is 24.1 Å². The second-order valence-electron chi connectivity index (χ2n) is 5.10. The Balaban J connectivity index is 1.75. The molecule has 1 aromatic heterocycles. The zero-order chi connectivity index (χ0) is 15.0. The normalized spacial score (nSPS) is 15.2. The zero-order valence-electron chi connectivity index (χ0n) is 11.0. The molecule has 2 aromatic rings. The van der Waals surface area contributed by atoms with Gasteiger partial charge in [0.2, 0.25) is 0 Å². The minimum Gasteiger partial charge on any atom is -0.379 e. The second-order valence-corrected chi connectivity index (χ2v) is 6.02. The molecule has 0 amide bonds. The van der Waals surface area contributed by atoms with Crippen molar-refractivity contribution in [1.29, 1.82) is 0 Å². The van der Waals surface area contributed by atoms with E-state index in [2.05, 4.69) is 30.8 Å². The Morgan fingerprint density at radius 3 is 2.71 bits per heavy atom. The number of halogens is 4. The van der Waals surface area contributed by atoms with Crippen molar-refractivity contribution in [3.05, 3.63) is 46.5 Å². The number of nitrogens with one attached hydrogen (secondary N) is 1. The Morgan fingerprint density at radius 1 is 1.29 bits per heavy atom. The minimum atomic E-state index is -4.35. The van der Waals surface area contributed by atoms with Gasteiger partial charge in [-0.05, 0) is 31.0 Å². The van der Waals surface area contributed by atoms with Crippen LogP contribution in [-0.2, 0) is 12.7 Å². The topological polar surface area (TPSA) is 29.9 Å². The summed E-state index contributed by atoms with van der Waals surface area (Å²) in [6, 6.07) is 4.31. The fourth-order valence-corrected chi connectivity index (χ4v) is 2.69. The number of alkyl halides is 3. The Bertz CT molecular complexity index is 647. The summed E-state index contributed by atoms with van der Waals surface area (Å²) in [7, 11) is 0. The van der Waals surface area contributed by atoms with Crippen molar-refractivity contribution in [3.8, 4) is 0 Å². The number of hydrogen-bond donors (Lipinski definition) is 1. The lowest BCUT2D eigenvalue weighted by Crippen LogP contribution is -2.08. The Hall–Kier alpha value is -1.50. The summed E-state index contributed by atoms with van der Waals surface area (Å²) >= 11 is 3.11. The average molecular weight is 360 g/mol. The largest absolute Gasteiger partial charge is 0.416 e. The van der Waals surface area contributed by atoms with E-state index < -0.39 is 11.7 Å². The summed E-state index contributed by atoms with van der Waals surface area (Å²) < 4.78 is 40.8. The van der Waals surface area contributed by atoms with E-state index in [0.717, 1.165) is 30.7 Å². The molecule has 0 unspecified atom stereocenters. The number of benzene rings is 1. The number of hydrogen-bond acceptors (Lipinski definition) is 2. The third-order valence-electron chi connectivity index (χ3n) is 3.39. The van der Waals surface area contributed by atoms with Crippen LogP contribution >= 0.6 is 15.9 Å². The first kappa shape index (κ1) is 14.4. The number of anilines is 1. The quantitative estimate of drug-likeness (QED) is 0.863. The first-order chi connectivity index (χ1) is 9.93. The molecule has 1 aliphatic rings. The first-order valence-corrected chi connectivity index (χ1v) is 7.35. The second kappa shape index (κ2) is 5.36. The molecule has 0 radical (unpaired) electrons. The Morgan fingerprint density at radius 2 is 2.05 bits per heavy atom. The molecule has 0 saturated heterocycles. The van der Waals surface area contributed by atoms with Gasteiger partial charge in [-0.15, -0.1) is 0 Å². The Labute approximate surface area is 128 Å². The molecule has 112 valence electrons. The summed E-state index contributed by atoms with van der Waals surface area (Å²) in [5.74, 6) is 0. The van der Waals surface area contributed by atoms with Gasteiger partial charge >= 0.3 is 6.18 Å². The van der Waals surface area contributed by atoms with Crippen LogP contribution in [0, 0.1) is 0 Å². The molecule has 0 bridgehead atoms. The Kier molecular flexibility index (Phi) is 3.69. The lowest BCUT2D eigenvalue weighted by molar-refractivity contribution is -0.137. The first-order valence-electron chi connectivity index (χ1n) is 6.56. The third kappa shape index (κ3) is 3.40. The monoisotopic (exact) mass is 359 g/mol. The molecular weight excluding hydrogens is 347 g/mol. The number of nitrogens with zero attached hydrogens (tertiary/aromatic N) is 2. The number of imidazole rings is 1. The summed E-state index contributed by atoms with van der Waals surface area (Å²) in [5, 5.41) is 3.03. The van der Waals surface area contributed by atoms with Crippen LogP contribution in [0.3, 0.4) is 0 Å². The minimum absolute atomic E-state index is 0.399. The molecule has 0 spiro atoms. The van der Waals surface area contributed by atoms with E-state index in [9.17, 15) is 13.2 Å². The van der Waals surface area contributed by atoms with Gasteiger partial charge in [-0.25, -0.2) is 4.98 Å². The molecule has 0 atom stereocenters. The van der Waals surface area contributed by atoms with E-state index in [0.29, 0.717) is 22.7 Å². The van der Waals surface area contributed by atoms with Gasteiger partial charge in [-0.1, -0.05) is 15.9 Å². The summed E-state index contributed by atoms with van der Waals surface area (Å²) in [4.78, 5) is 4.10. The predicted molar refractivity (Wildman–Crippen MR) is 77.0 cm³/mol. The highest BCUT2D eigenvalue weighted by Gasteiger charge is 2.31. The van der Waals surface area contributed by atoms with Crippen molar-refractivity contribution in [2.45, 2.75) is 31.6 Å². The van der Waals surface area contributed by atoms with E-state index in [-0.39, 0.29) is 0 Å². The maximum absolute atomic E-state index is 12.8. The molecule has 1 N–H and O–H groups in total. The molecule has 1 fully saturated rings. The van der Waals surface area contributed by atoms with Crippen LogP contribution in [0.15, 0.2) is 35.2 Å². The zero-order valence-corrected chi connectivity index (χ0v) is 12.6. The number of rotatable bonds is 4. The third-order valence-corrected chi connectivity index (χ3v) is 3.84. The lowest BCUT2D eigenvalue weighted by Gasteiger charge is -2.12. The average Bonchev–Trinajstić information content (AvgIpc) is 3.14. The van der Waals surface area contributed by atoms with Crippen LogP contribution in [0.5, 0.6) is 0 Å². The maximum atomic E-state index is 12.8. The lowest BCUT2D eigenvalue weighted by atomic mass is 10.2. The van der Waals surface area contributed by atoms with Crippen molar-refractivity contribution >= 4 is 21.6 Å². The van der Waals surface area contributed by atoms with Crippen molar-refractivity contribution in [3.63, 3.8) is 0 Å². The highest BCUT2D eigenvalue weighted by Crippen LogP contribution is 2.36. The van der Waals surface area contributed by atoms with Gasteiger partial charge in [-0.3, -0.25) is 0 Å². The summed E-state index contributed by atoms with van der Waals surface area (Å²) in [5.41, 5.74) is 0.737. The van der Waals surface area contributed by atoms with E-state index in [1.807, 2.05) is 0 Å². The standard InChI is InChI=1S/C14H13BrF3N3/c15-10-3-9(14(16,17)18)4-11(5-10)20-7-13-6-19-8-21(13)12-1-2-12/h3-6,8,12,20H,1-2,7H2. The smallest absolute Gasteiger partial charge is 0.379 e. The summed E-state index contributed by atoms with van der Waals surface area (Å²) in [6.45, 7) is 0.449. The van der Waals surface area contributed by atoms with Crippen LogP contribution in [0.25, 0.3) is 0 Å². The van der Waals surface area contributed by atoms with E-state index in [1.54, 1.807) is 18.6 Å². The van der Waals surface area contributed by atoms with Crippen LogP contribution in [-0.4, -0.2) is 9.55 Å². The molecule has 1 saturated carbocycles.